The summed E-state index contributed by atoms with van der Waals surface area (Å²) in [5.74, 6) is 1.80. The molecule has 4 aromatic rings. The highest BCUT2D eigenvalue weighted by molar-refractivity contribution is 7.17. The first-order chi connectivity index (χ1) is 13.2. The summed E-state index contributed by atoms with van der Waals surface area (Å²) < 4.78 is 5.32. The Balaban J connectivity index is 1.64. The standard InChI is InChI=1S/C20H17ClN4OS/c1-12-9-16(24-26-12)17-3-2-8-25(17)19-18-15(10-27-20(18)23-11-22-19)13-4-6-14(21)7-5-13/h4-7,9-11,17H,2-3,8H2,1H3. The topological polar surface area (TPSA) is 55.1 Å². The molecule has 5 rings (SSSR count). The zero-order valence-electron chi connectivity index (χ0n) is 14.7. The molecule has 0 radical (unpaired) electrons. The van der Waals surface area contributed by atoms with Crippen LogP contribution in [0.25, 0.3) is 21.3 Å². The van der Waals surface area contributed by atoms with Gasteiger partial charge in [-0.05, 0) is 37.5 Å². The van der Waals surface area contributed by atoms with Gasteiger partial charge in [-0.15, -0.1) is 11.3 Å². The van der Waals surface area contributed by atoms with Gasteiger partial charge >= 0.3 is 0 Å². The molecule has 1 saturated heterocycles. The van der Waals surface area contributed by atoms with Crippen molar-refractivity contribution in [2.24, 2.45) is 0 Å². The highest BCUT2D eigenvalue weighted by Gasteiger charge is 2.31. The molecule has 1 unspecified atom stereocenters. The van der Waals surface area contributed by atoms with Crippen LogP contribution in [0.5, 0.6) is 0 Å². The fourth-order valence-electron chi connectivity index (χ4n) is 3.79. The quantitative estimate of drug-likeness (QED) is 0.448. The normalized spacial score (nSPS) is 17.1. The first-order valence-corrected chi connectivity index (χ1v) is 10.1. The molecule has 0 amide bonds. The molecular weight excluding hydrogens is 380 g/mol. The van der Waals surface area contributed by atoms with Crippen molar-refractivity contribution < 1.29 is 4.52 Å². The summed E-state index contributed by atoms with van der Waals surface area (Å²) in [6, 6.07) is 10.1. The second-order valence-corrected chi connectivity index (χ2v) is 8.04. The summed E-state index contributed by atoms with van der Waals surface area (Å²) >= 11 is 7.71. The Kier molecular flexibility index (Phi) is 4.10. The first-order valence-electron chi connectivity index (χ1n) is 8.89. The van der Waals surface area contributed by atoms with E-state index in [4.69, 9.17) is 16.1 Å². The molecule has 1 aromatic carbocycles. The highest BCUT2D eigenvalue weighted by atomic mass is 35.5. The third-order valence-electron chi connectivity index (χ3n) is 5.02. The second-order valence-electron chi connectivity index (χ2n) is 6.75. The number of thiophene rings is 1. The number of aromatic nitrogens is 3. The van der Waals surface area contributed by atoms with Gasteiger partial charge in [-0.1, -0.05) is 28.9 Å². The second kappa shape index (κ2) is 6.62. The van der Waals surface area contributed by atoms with Gasteiger partial charge in [-0.3, -0.25) is 0 Å². The van der Waals surface area contributed by atoms with Crippen LogP contribution in [0.1, 0.15) is 30.3 Å². The van der Waals surface area contributed by atoms with Crippen LogP contribution >= 0.6 is 22.9 Å². The lowest BCUT2D eigenvalue weighted by atomic mass is 10.1. The van der Waals surface area contributed by atoms with Gasteiger partial charge in [0.05, 0.1) is 11.4 Å². The van der Waals surface area contributed by atoms with E-state index in [2.05, 4.69) is 25.4 Å². The molecule has 0 bridgehead atoms. The van der Waals surface area contributed by atoms with E-state index < -0.39 is 0 Å². The van der Waals surface area contributed by atoms with Crippen LogP contribution in [0.3, 0.4) is 0 Å². The minimum Gasteiger partial charge on any atom is -0.361 e. The van der Waals surface area contributed by atoms with Crippen molar-refractivity contribution in [1.82, 2.24) is 15.1 Å². The predicted molar refractivity (Wildman–Crippen MR) is 108 cm³/mol. The maximum atomic E-state index is 6.07. The lowest BCUT2D eigenvalue weighted by Crippen LogP contribution is -2.24. The van der Waals surface area contributed by atoms with E-state index in [-0.39, 0.29) is 6.04 Å². The Labute approximate surface area is 165 Å². The average Bonchev–Trinajstić information content (AvgIpc) is 3.40. The van der Waals surface area contributed by atoms with E-state index in [0.717, 1.165) is 63.0 Å². The molecule has 136 valence electrons. The van der Waals surface area contributed by atoms with Crippen LogP contribution in [0.2, 0.25) is 5.02 Å². The van der Waals surface area contributed by atoms with Gasteiger partial charge in [0.1, 0.15) is 28.4 Å². The number of aryl methyl sites for hydroxylation is 1. The lowest BCUT2D eigenvalue weighted by Gasteiger charge is -2.25. The molecule has 1 aliphatic heterocycles. The number of hydrogen-bond donors (Lipinski definition) is 0. The molecule has 0 spiro atoms. The number of nitrogens with zero attached hydrogens (tertiary/aromatic N) is 4. The van der Waals surface area contributed by atoms with Crippen molar-refractivity contribution in [2.75, 3.05) is 11.4 Å². The molecule has 7 heteroatoms. The van der Waals surface area contributed by atoms with Crippen molar-refractivity contribution in [3.05, 3.63) is 58.5 Å². The summed E-state index contributed by atoms with van der Waals surface area (Å²) in [7, 11) is 0. The maximum Gasteiger partial charge on any atom is 0.141 e. The van der Waals surface area contributed by atoms with Gasteiger partial charge in [0.25, 0.3) is 0 Å². The number of anilines is 1. The number of hydrogen-bond acceptors (Lipinski definition) is 6. The number of fused-ring (bicyclic) bond motifs is 1. The van der Waals surface area contributed by atoms with Gasteiger partial charge in [0.15, 0.2) is 0 Å². The van der Waals surface area contributed by atoms with E-state index in [1.54, 1.807) is 17.7 Å². The van der Waals surface area contributed by atoms with E-state index in [0.29, 0.717) is 0 Å². The third kappa shape index (κ3) is 2.89. The van der Waals surface area contributed by atoms with Crippen molar-refractivity contribution in [3.63, 3.8) is 0 Å². The minimum atomic E-state index is 0.179. The summed E-state index contributed by atoms with van der Waals surface area (Å²) in [5, 5.41) is 8.24. The van der Waals surface area contributed by atoms with Crippen LogP contribution in [0.4, 0.5) is 5.82 Å². The van der Waals surface area contributed by atoms with Gasteiger partial charge in [-0.25, -0.2) is 9.97 Å². The van der Waals surface area contributed by atoms with Gasteiger partial charge in [0.2, 0.25) is 0 Å². The van der Waals surface area contributed by atoms with Crippen molar-refractivity contribution in [3.8, 4) is 11.1 Å². The number of rotatable bonds is 3. The van der Waals surface area contributed by atoms with Crippen molar-refractivity contribution in [2.45, 2.75) is 25.8 Å². The van der Waals surface area contributed by atoms with E-state index >= 15 is 0 Å². The first kappa shape index (κ1) is 16.7. The van der Waals surface area contributed by atoms with Crippen molar-refractivity contribution in [1.29, 1.82) is 0 Å². The Bertz CT molecular complexity index is 1100. The summed E-state index contributed by atoms with van der Waals surface area (Å²) in [5.41, 5.74) is 3.24. The largest absolute Gasteiger partial charge is 0.361 e. The van der Waals surface area contributed by atoms with Crippen LogP contribution < -0.4 is 4.90 Å². The molecule has 1 atom stereocenters. The molecule has 3 aromatic heterocycles. The Morgan fingerprint density at radius 3 is 2.85 bits per heavy atom. The molecular formula is C20H17ClN4OS. The Morgan fingerprint density at radius 2 is 2.07 bits per heavy atom. The molecule has 5 nitrogen and oxygen atoms in total. The third-order valence-corrected chi connectivity index (χ3v) is 6.16. The monoisotopic (exact) mass is 396 g/mol. The maximum absolute atomic E-state index is 6.07. The summed E-state index contributed by atoms with van der Waals surface area (Å²) in [6.45, 7) is 2.87. The van der Waals surface area contributed by atoms with Gasteiger partial charge in [-0.2, -0.15) is 0 Å². The fraction of sp³-hybridized carbons (Fsp3) is 0.250. The van der Waals surface area contributed by atoms with Crippen LogP contribution in [0, 0.1) is 6.92 Å². The molecule has 1 aliphatic rings. The van der Waals surface area contributed by atoms with E-state index in [1.165, 1.54) is 0 Å². The van der Waals surface area contributed by atoms with Crippen LogP contribution in [0.15, 0.2) is 46.6 Å². The smallest absolute Gasteiger partial charge is 0.141 e. The van der Waals surface area contributed by atoms with E-state index in [1.807, 2.05) is 37.3 Å². The molecule has 27 heavy (non-hydrogen) atoms. The predicted octanol–water partition coefficient (Wildman–Crippen LogP) is 5.65. The fourth-order valence-corrected chi connectivity index (χ4v) is 4.83. The zero-order chi connectivity index (χ0) is 18.4. The van der Waals surface area contributed by atoms with Gasteiger partial charge in [0, 0.05) is 28.6 Å². The van der Waals surface area contributed by atoms with Crippen LogP contribution in [-0.4, -0.2) is 21.7 Å². The van der Waals surface area contributed by atoms with Crippen molar-refractivity contribution >= 4 is 39.0 Å². The summed E-state index contributed by atoms with van der Waals surface area (Å²) in [6.07, 6.45) is 3.80. The molecule has 4 heterocycles. The summed E-state index contributed by atoms with van der Waals surface area (Å²) in [4.78, 5) is 12.5. The molecule has 1 fully saturated rings. The number of halogens is 1. The lowest BCUT2D eigenvalue weighted by molar-refractivity contribution is 0.385. The molecule has 0 aliphatic carbocycles. The Morgan fingerprint density at radius 1 is 1.22 bits per heavy atom. The van der Waals surface area contributed by atoms with Crippen LogP contribution in [-0.2, 0) is 0 Å². The SMILES string of the molecule is Cc1cc(C2CCCN2c2ncnc3scc(-c4ccc(Cl)cc4)c23)no1. The van der Waals surface area contributed by atoms with Gasteiger partial charge < -0.3 is 9.42 Å². The minimum absolute atomic E-state index is 0.179. The Hall–Kier alpha value is -2.44. The zero-order valence-corrected chi connectivity index (χ0v) is 16.3. The molecule has 0 N–H and O–H groups in total. The molecule has 0 saturated carbocycles. The number of benzene rings is 1. The van der Waals surface area contributed by atoms with E-state index in [9.17, 15) is 0 Å². The highest BCUT2D eigenvalue weighted by Crippen LogP contribution is 2.43. The average molecular weight is 397 g/mol.